The maximum absolute atomic E-state index is 13.1. The van der Waals surface area contributed by atoms with E-state index in [0.29, 0.717) is 19.6 Å². The van der Waals surface area contributed by atoms with E-state index >= 15 is 0 Å². The third kappa shape index (κ3) is 3.30. The minimum atomic E-state index is -0.897. The lowest BCUT2D eigenvalue weighted by Gasteiger charge is -2.36. The van der Waals surface area contributed by atoms with Crippen LogP contribution in [0.3, 0.4) is 0 Å². The van der Waals surface area contributed by atoms with E-state index in [9.17, 15) is 9.59 Å². The Hall–Kier alpha value is -1.88. The molecule has 3 atom stereocenters. The van der Waals surface area contributed by atoms with Gasteiger partial charge in [0.1, 0.15) is 11.0 Å². The summed E-state index contributed by atoms with van der Waals surface area (Å²) in [5.41, 5.74) is -0.421. The second-order valence-corrected chi connectivity index (χ2v) is 8.10. The molecule has 2 aliphatic rings. The van der Waals surface area contributed by atoms with Crippen LogP contribution in [0, 0.1) is 11.3 Å². The summed E-state index contributed by atoms with van der Waals surface area (Å²) >= 11 is 0. The van der Waals surface area contributed by atoms with Crippen molar-refractivity contribution in [2.75, 3.05) is 19.8 Å². The van der Waals surface area contributed by atoms with Gasteiger partial charge in [-0.25, -0.2) is 0 Å². The van der Waals surface area contributed by atoms with Crippen LogP contribution in [-0.4, -0.2) is 42.1 Å². The predicted molar refractivity (Wildman–Crippen MR) is 93.8 cm³/mol. The molecule has 2 saturated heterocycles. The minimum absolute atomic E-state index is 0.0329. The number of likely N-dealkylation sites (tertiary alicyclic amines) is 1. The topological polar surface area (TPSA) is 55.8 Å². The Bertz CT molecular complexity index is 651. The Kier molecular flexibility index (Phi) is 4.62. The van der Waals surface area contributed by atoms with Crippen molar-refractivity contribution in [3.63, 3.8) is 0 Å². The van der Waals surface area contributed by atoms with Crippen molar-refractivity contribution in [1.82, 2.24) is 4.90 Å². The normalized spacial score (nSPS) is 27.8. The van der Waals surface area contributed by atoms with E-state index in [2.05, 4.69) is 0 Å². The number of fused-ring (bicyclic) bond motifs is 1. The quantitative estimate of drug-likeness (QED) is 0.791. The van der Waals surface area contributed by atoms with Gasteiger partial charge >= 0.3 is 5.97 Å². The van der Waals surface area contributed by atoms with Gasteiger partial charge in [-0.15, -0.1) is 0 Å². The molecule has 0 saturated carbocycles. The molecular formula is C20H27NO4. The van der Waals surface area contributed by atoms with Crippen molar-refractivity contribution >= 4 is 11.9 Å². The molecule has 1 amide bonds. The molecule has 2 fully saturated rings. The Labute approximate surface area is 149 Å². The molecule has 5 heteroatoms. The molecule has 0 radical (unpaired) electrons. The van der Waals surface area contributed by atoms with Crippen molar-refractivity contribution in [2.45, 2.75) is 45.8 Å². The highest BCUT2D eigenvalue weighted by Crippen LogP contribution is 2.46. The molecule has 0 aliphatic carbocycles. The largest absolute Gasteiger partial charge is 0.459 e. The van der Waals surface area contributed by atoms with Crippen LogP contribution in [-0.2, 0) is 19.1 Å². The Balaban J connectivity index is 1.90. The summed E-state index contributed by atoms with van der Waals surface area (Å²) in [4.78, 5) is 27.9. The first-order valence-electron chi connectivity index (χ1n) is 8.91. The second-order valence-electron chi connectivity index (χ2n) is 8.10. The van der Waals surface area contributed by atoms with Crippen LogP contribution in [0.4, 0.5) is 0 Å². The van der Waals surface area contributed by atoms with Gasteiger partial charge in [0.25, 0.3) is 0 Å². The number of rotatable bonds is 3. The molecule has 0 aromatic heterocycles. The zero-order chi connectivity index (χ0) is 18.2. The summed E-state index contributed by atoms with van der Waals surface area (Å²) in [6, 6.07) is 9.82. The molecule has 1 aromatic rings. The molecule has 0 spiro atoms. The van der Waals surface area contributed by atoms with Crippen LogP contribution in [0.25, 0.3) is 0 Å². The van der Waals surface area contributed by atoms with E-state index in [4.69, 9.17) is 9.47 Å². The van der Waals surface area contributed by atoms with Gasteiger partial charge in [-0.2, -0.15) is 0 Å². The molecule has 3 rings (SSSR count). The predicted octanol–water partition coefficient (Wildman–Crippen LogP) is 2.95. The smallest absolute Gasteiger partial charge is 0.317 e. The number of carbonyl (C=O) groups excluding carboxylic acids is 2. The average Bonchev–Trinajstić information content (AvgIpc) is 2.88. The van der Waals surface area contributed by atoms with Crippen LogP contribution in [0.5, 0.6) is 0 Å². The highest BCUT2D eigenvalue weighted by molar-refractivity contribution is 5.92. The fraction of sp³-hybridized carbons (Fsp3) is 0.600. The number of hydrogen-bond donors (Lipinski definition) is 0. The maximum atomic E-state index is 13.1. The highest BCUT2D eigenvalue weighted by atomic mass is 16.6. The Morgan fingerprint density at radius 1 is 1.32 bits per heavy atom. The van der Waals surface area contributed by atoms with E-state index < -0.39 is 11.0 Å². The number of esters is 1. The van der Waals surface area contributed by atoms with E-state index in [1.165, 1.54) is 0 Å². The Morgan fingerprint density at radius 2 is 2.00 bits per heavy atom. The fourth-order valence-electron chi connectivity index (χ4n) is 3.81. The molecule has 2 heterocycles. The number of amides is 1. The molecule has 136 valence electrons. The van der Waals surface area contributed by atoms with Gasteiger partial charge in [-0.05, 0) is 39.7 Å². The summed E-state index contributed by atoms with van der Waals surface area (Å²) in [6.07, 6.45) is 0.566. The van der Waals surface area contributed by atoms with Crippen molar-refractivity contribution in [3.8, 4) is 0 Å². The van der Waals surface area contributed by atoms with Gasteiger partial charge in [0.05, 0.1) is 18.6 Å². The highest BCUT2D eigenvalue weighted by Gasteiger charge is 2.60. The third-order valence-electron chi connectivity index (χ3n) is 5.17. The van der Waals surface area contributed by atoms with Crippen molar-refractivity contribution in [2.24, 2.45) is 11.3 Å². The van der Waals surface area contributed by atoms with Crippen molar-refractivity contribution in [1.29, 1.82) is 0 Å². The Morgan fingerprint density at radius 3 is 2.64 bits per heavy atom. The number of hydrogen-bond acceptors (Lipinski definition) is 4. The SMILES string of the molecule is C[C@H](c1ccccc1)N1C[C@]2(C(=O)OC(C)(C)C)COCC[C@H]2C1=O. The number of nitrogens with zero attached hydrogens (tertiary/aromatic N) is 1. The molecule has 25 heavy (non-hydrogen) atoms. The standard InChI is InChI=1S/C20H27NO4/c1-14(15-8-6-5-7-9-15)21-12-20(18(23)25-19(2,3)4)13-24-11-10-16(20)17(21)22/h5-9,14,16H,10-13H2,1-4H3/t14-,16+,20+/m1/s1. The monoisotopic (exact) mass is 345 g/mol. The van der Waals surface area contributed by atoms with Crippen LogP contribution in [0.15, 0.2) is 30.3 Å². The molecule has 5 nitrogen and oxygen atoms in total. The van der Waals surface area contributed by atoms with Crippen LogP contribution >= 0.6 is 0 Å². The fourth-order valence-corrected chi connectivity index (χ4v) is 3.81. The van der Waals surface area contributed by atoms with E-state index in [1.807, 2.05) is 62.9 Å². The van der Waals surface area contributed by atoms with E-state index in [0.717, 1.165) is 5.56 Å². The lowest BCUT2D eigenvalue weighted by Crippen LogP contribution is -2.49. The van der Waals surface area contributed by atoms with Gasteiger partial charge in [-0.3, -0.25) is 9.59 Å². The van der Waals surface area contributed by atoms with Crippen LogP contribution in [0.2, 0.25) is 0 Å². The summed E-state index contributed by atoms with van der Waals surface area (Å²) < 4.78 is 11.3. The van der Waals surface area contributed by atoms with Crippen molar-refractivity contribution < 1.29 is 19.1 Å². The van der Waals surface area contributed by atoms with Gasteiger partial charge < -0.3 is 14.4 Å². The van der Waals surface area contributed by atoms with Crippen LogP contribution in [0.1, 0.15) is 45.7 Å². The zero-order valence-electron chi connectivity index (χ0n) is 15.5. The number of benzene rings is 1. The lowest BCUT2D eigenvalue weighted by molar-refractivity contribution is -0.179. The molecular weight excluding hydrogens is 318 g/mol. The average molecular weight is 345 g/mol. The third-order valence-corrected chi connectivity index (χ3v) is 5.17. The van der Waals surface area contributed by atoms with Gasteiger partial charge in [0, 0.05) is 13.2 Å². The maximum Gasteiger partial charge on any atom is 0.317 e. The molecule has 1 aromatic carbocycles. The van der Waals surface area contributed by atoms with Crippen molar-refractivity contribution in [3.05, 3.63) is 35.9 Å². The summed E-state index contributed by atoms with van der Waals surface area (Å²) in [6.45, 7) is 8.66. The molecule has 2 aliphatic heterocycles. The molecule has 0 N–H and O–H groups in total. The van der Waals surface area contributed by atoms with Gasteiger partial charge in [0.15, 0.2) is 0 Å². The first kappa shape index (κ1) is 17.9. The van der Waals surface area contributed by atoms with E-state index in [1.54, 1.807) is 0 Å². The first-order chi connectivity index (χ1) is 11.7. The zero-order valence-corrected chi connectivity index (χ0v) is 15.5. The lowest BCUT2D eigenvalue weighted by atomic mass is 9.75. The molecule has 0 unspecified atom stereocenters. The van der Waals surface area contributed by atoms with Gasteiger partial charge in [-0.1, -0.05) is 30.3 Å². The van der Waals surface area contributed by atoms with E-state index in [-0.39, 0.29) is 30.4 Å². The minimum Gasteiger partial charge on any atom is -0.459 e. The summed E-state index contributed by atoms with van der Waals surface area (Å²) in [7, 11) is 0. The summed E-state index contributed by atoms with van der Waals surface area (Å²) in [5, 5.41) is 0. The summed E-state index contributed by atoms with van der Waals surface area (Å²) in [5.74, 6) is -0.645. The van der Waals surface area contributed by atoms with Gasteiger partial charge in [0.2, 0.25) is 5.91 Å². The van der Waals surface area contributed by atoms with Crippen LogP contribution < -0.4 is 0 Å². The first-order valence-corrected chi connectivity index (χ1v) is 8.91. The second kappa shape index (κ2) is 6.45. The number of carbonyl (C=O) groups is 2. The molecule has 0 bridgehead atoms. The number of ether oxygens (including phenoxy) is 2.